The van der Waals surface area contributed by atoms with E-state index in [0.717, 1.165) is 42.1 Å². The molecule has 1 atom stereocenters. The predicted octanol–water partition coefficient (Wildman–Crippen LogP) is 3.24. The Kier molecular flexibility index (Phi) is 5.53. The maximum atomic E-state index is 10.1. The predicted molar refractivity (Wildman–Crippen MR) is 120 cm³/mol. The van der Waals surface area contributed by atoms with Crippen molar-refractivity contribution in [2.24, 2.45) is 0 Å². The lowest BCUT2D eigenvalue weighted by Crippen LogP contribution is -2.22. The number of rotatable bonds is 5. The molecule has 0 aliphatic carbocycles. The summed E-state index contributed by atoms with van der Waals surface area (Å²) in [5.74, 6) is 1.45. The maximum absolute atomic E-state index is 10.1. The van der Waals surface area contributed by atoms with Crippen molar-refractivity contribution in [2.45, 2.75) is 26.4 Å². The van der Waals surface area contributed by atoms with E-state index >= 15 is 0 Å². The van der Waals surface area contributed by atoms with Crippen LogP contribution in [0.1, 0.15) is 23.4 Å². The van der Waals surface area contributed by atoms with E-state index in [0.29, 0.717) is 28.5 Å². The number of pyridine rings is 1. The van der Waals surface area contributed by atoms with Crippen LogP contribution in [0.15, 0.2) is 30.3 Å². The number of nitrogen functional groups attached to an aromatic ring is 1. The Labute approximate surface area is 181 Å². The third kappa shape index (κ3) is 3.92. The number of aryl methyl sites for hydroxylation is 2. The largest absolute Gasteiger partial charge is 0.497 e. The minimum atomic E-state index is 0.207. The van der Waals surface area contributed by atoms with Gasteiger partial charge in [0.1, 0.15) is 23.2 Å². The number of nitrogens with zero attached hydrogens (tertiary/aromatic N) is 5. The Morgan fingerprint density at radius 2 is 1.97 bits per heavy atom. The minimum Gasteiger partial charge on any atom is -0.497 e. The lowest BCUT2D eigenvalue weighted by Gasteiger charge is -2.21. The van der Waals surface area contributed by atoms with Crippen LogP contribution in [0.3, 0.4) is 0 Å². The van der Waals surface area contributed by atoms with Crippen LogP contribution in [0.2, 0.25) is 0 Å². The number of anilines is 2. The fourth-order valence-electron chi connectivity index (χ4n) is 4.08. The second-order valence-electron chi connectivity index (χ2n) is 7.76. The molecule has 4 rings (SSSR count). The molecule has 1 aliphatic heterocycles. The van der Waals surface area contributed by atoms with Crippen molar-refractivity contribution < 1.29 is 9.47 Å². The van der Waals surface area contributed by atoms with Crippen LogP contribution in [0.25, 0.3) is 16.9 Å². The quantitative estimate of drug-likeness (QED) is 0.678. The second-order valence-corrected chi connectivity index (χ2v) is 7.76. The first-order chi connectivity index (χ1) is 14.9. The van der Waals surface area contributed by atoms with Gasteiger partial charge in [-0.3, -0.25) is 0 Å². The molecule has 0 spiro atoms. The number of aromatic nitrogens is 3. The summed E-state index contributed by atoms with van der Waals surface area (Å²) in [4.78, 5) is 6.70. The molecule has 3 heterocycles. The van der Waals surface area contributed by atoms with Gasteiger partial charge in [0, 0.05) is 43.2 Å². The summed E-state index contributed by atoms with van der Waals surface area (Å²) < 4.78 is 12.7. The van der Waals surface area contributed by atoms with Crippen molar-refractivity contribution in [1.82, 2.24) is 14.8 Å². The van der Waals surface area contributed by atoms with Crippen LogP contribution in [0.5, 0.6) is 5.75 Å². The topological polar surface area (TPSA) is 102 Å². The molecule has 0 amide bonds. The van der Waals surface area contributed by atoms with Crippen molar-refractivity contribution in [2.75, 3.05) is 37.9 Å². The molecule has 1 aliphatic rings. The van der Waals surface area contributed by atoms with Crippen molar-refractivity contribution in [3.63, 3.8) is 0 Å². The first kappa shape index (κ1) is 20.7. The second kappa shape index (κ2) is 8.28. The molecule has 1 unspecified atom stereocenters. The molecule has 2 aromatic heterocycles. The molecule has 3 aromatic rings. The molecule has 8 nitrogen and oxygen atoms in total. The third-order valence-electron chi connectivity index (χ3n) is 5.62. The lowest BCUT2D eigenvalue weighted by atomic mass is 9.99. The molecule has 8 heteroatoms. The van der Waals surface area contributed by atoms with E-state index in [1.165, 1.54) is 0 Å². The summed E-state index contributed by atoms with van der Waals surface area (Å²) in [6, 6.07) is 12.0. The van der Waals surface area contributed by atoms with E-state index in [4.69, 9.17) is 15.2 Å². The van der Waals surface area contributed by atoms with Gasteiger partial charge >= 0.3 is 0 Å². The standard InChI is InChI=1S/C23H26N6O2/c1-14-7-15(2)29(27-14)23-21(12-24)20(11-22(25)26-23)16-8-17(10-19(9-16)31-4)28-6-5-18(13-28)30-3/h7-11,18H,5-6,13H2,1-4H3,(H2,25,26). The first-order valence-electron chi connectivity index (χ1n) is 10.1. The van der Waals surface area contributed by atoms with Crippen LogP contribution in [-0.2, 0) is 4.74 Å². The Bertz CT molecular complexity index is 1160. The van der Waals surface area contributed by atoms with Crippen molar-refractivity contribution in [3.8, 4) is 28.8 Å². The fourth-order valence-corrected chi connectivity index (χ4v) is 4.08. The van der Waals surface area contributed by atoms with Gasteiger partial charge in [-0.05, 0) is 50.1 Å². The highest BCUT2D eigenvalue weighted by Crippen LogP contribution is 2.36. The monoisotopic (exact) mass is 418 g/mol. The van der Waals surface area contributed by atoms with Gasteiger partial charge in [-0.25, -0.2) is 9.67 Å². The van der Waals surface area contributed by atoms with Crippen molar-refractivity contribution in [3.05, 3.63) is 47.3 Å². The number of nitriles is 1. The van der Waals surface area contributed by atoms with E-state index in [9.17, 15) is 5.26 Å². The Morgan fingerprint density at radius 1 is 1.16 bits per heavy atom. The SMILES string of the molecule is COc1cc(-c2cc(N)nc(-n3nc(C)cc3C)c2C#N)cc(N2CCC(OC)C2)c1. The molecular weight excluding hydrogens is 392 g/mol. The summed E-state index contributed by atoms with van der Waals surface area (Å²) in [5, 5.41) is 14.6. The molecule has 1 saturated heterocycles. The average molecular weight is 419 g/mol. The van der Waals surface area contributed by atoms with E-state index in [1.807, 2.05) is 32.0 Å². The smallest absolute Gasteiger partial charge is 0.174 e. The molecule has 1 fully saturated rings. The van der Waals surface area contributed by atoms with Gasteiger partial charge in [-0.15, -0.1) is 0 Å². The minimum absolute atomic E-state index is 0.207. The summed E-state index contributed by atoms with van der Waals surface area (Å²) in [5.41, 5.74) is 10.8. The average Bonchev–Trinajstić information content (AvgIpc) is 3.38. The highest BCUT2D eigenvalue weighted by Gasteiger charge is 2.24. The van der Waals surface area contributed by atoms with Gasteiger partial charge in [0.15, 0.2) is 5.82 Å². The normalized spacial score (nSPS) is 15.8. The Hall–Kier alpha value is -3.57. The maximum Gasteiger partial charge on any atom is 0.174 e. The van der Waals surface area contributed by atoms with Crippen LogP contribution >= 0.6 is 0 Å². The summed E-state index contributed by atoms with van der Waals surface area (Å²) in [7, 11) is 3.38. The van der Waals surface area contributed by atoms with Crippen LogP contribution in [0, 0.1) is 25.2 Å². The molecule has 160 valence electrons. The van der Waals surface area contributed by atoms with E-state index < -0.39 is 0 Å². The molecule has 2 N–H and O–H groups in total. The highest BCUT2D eigenvalue weighted by molar-refractivity contribution is 5.79. The first-order valence-corrected chi connectivity index (χ1v) is 10.1. The highest BCUT2D eigenvalue weighted by atomic mass is 16.5. The molecule has 0 bridgehead atoms. The van der Waals surface area contributed by atoms with E-state index in [-0.39, 0.29) is 6.10 Å². The molecule has 31 heavy (non-hydrogen) atoms. The molecule has 1 aromatic carbocycles. The molecular formula is C23H26N6O2. The van der Waals surface area contributed by atoms with Gasteiger partial charge in [0.25, 0.3) is 0 Å². The number of methoxy groups -OCH3 is 2. The van der Waals surface area contributed by atoms with Gasteiger partial charge in [-0.1, -0.05) is 0 Å². The molecule has 0 radical (unpaired) electrons. The van der Waals surface area contributed by atoms with E-state index in [1.54, 1.807) is 25.0 Å². The number of hydrogen-bond acceptors (Lipinski definition) is 7. The summed E-state index contributed by atoms with van der Waals surface area (Å²) >= 11 is 0. The van der Waals surface area contributed by atoms with Crippen LogP contribution in [0.4, 0.5) is 11.5 Å². The van der Waals surface area contributed by atoms with Crippen LogP contribution < -0.4 is 15.4 Å². The zero-order chi connectivity index (χ0) is 22.1. The Morgan fingerprint density at radius 3 is 2.58 bits per heavy atom. The number of hydrogen-bond donors (Lipinski definition) is 1. The lowest BCUT2D eigenvalue weighted by molar-refractivity contribution is 0.121. The van der Waals surface area contributed by atoms with Crippen molar-refractivity contribution in [1.29, 1.82) is 5.26 Å². The van der Waals surface area contributed by atoms with Gasteiger partial charge in [-0.2, -0.15) is 10.4 Å². The van der Waals surface area contributed by atoms with Crippen molar-refractivity contribution >= 4 is 11.5 Å². The van der Waals surface area contributed by atoms with Crippen LogP contribution in [-0.4, -0.2) is 48.2 Å². The summed E-state index contributed by atoms with van der Waals surface area (Å²) in [6.07, 6.45) is 1.18. The fraction of sp³-hybridized carbons (Fsp3) is 0.348. The van der Waals surface area contributed by atoms with Gasteiger partial charge in [0.2, 0.25) is 0 Å². The third-order valence-corrected chi connectivity index (χ3v) is 5.62. The van der Waals surface area contributed by atoms with Gasteiger partial charge in [0.05, 0.1) is 18.9 Å². The molecule has 0 saturated carbocycles. The Balaban J connectivity index is 1.87. The van der Waals surface area contributed by atoms with Gasteiger partial charge < -0.3 is 20.1 Å². The zero-order valence-corrected chi connectivity index (χ0v) is 18.2. The zero-order valence-electron chi connectivity index (χ0n) is 18.2. The van der Waals surface area contributed by atoms with E-state index in [2.05, 4.69) is 27.1 Å². The number of nitrogens with two attached hydrogens (primary N) is 1. The number of ether oxygens (including phenoxy) is 2. The number of benzene rings is 1. The summed E-state index contributed by atoms with van der Waals surface area (Å²) in [6.45, 7) is 5.53.